The lowest BCUT2D eigenvalue weighted by Gasteiger charge is -2.22. The lowest BCUT2D eigenvalue weighted by Crippen LogP contribution is -2.33. The monoisotopic (exact) mass is 387 g/mol. The summed E-state index contributed by atoms with van der Waals surface area (Å²) in [6, 6.07) is 4.38. The van der Waals surface area contributed by atoms with Gasteiger partial charge in [0.1, 0.15) is 0 Å². The van der Waals surface area contributed by atoms with Crippen molar-refractivity contribution in [1.82, 2.24) is 9.62 Å². The van der Waals surface area contributed by atoms with Gasteiger partial charge in [0.05, 0.1) is 4.90 Å². The maximum Gasteiger partial charge on any atom is 0.248 e. The van der Waals surface area contributed by atoms with Crippen molar-refractivity contribution in [2.75, 3.05) is 26.2 Å². The normalized spacial score (nSPS) is 25.9. The van der Waals surface area contributed by atoms with Crippen molar-refractivity contribution in [1.29, 1.82) is 0 Å². The van der Waals surface area contributed by atoms with Crippen molar-refractivity contribution >= 4 is 31.9 Å². The summed E-state index contributed by atoms with van der Waals surface area (Å²) < 4.78 is 27.7. The molecule has 2 saturated heterocycles. The lowest BCUT2D eigenvalue weighted by molar-refractivity contribution is 0.1000. The van der Waals surface area contributed by atoms with Crippen LogP contribution < -0.4 is 11.1 Å². The van der Waals surface area contributed by atoms with Crippen LogP contribution >= 0.6 is 15.9 Å². The van der Waals surface area contributed by atoms with E-state index >= 15 is 0 Å². The predicted molar refractivity (Wildman–Crippen MR) is 86.0 cm³/mol. The SMILES string of the molecule is NC(=O)c1cc(Br)cc(S(=O)(=O)N2CCC3(CCNC3)C2)c1. The first-order chi connectivity index (χ1) is 10.3. The smallest absolute Gasteiger partial charge is 0.248 e. The molecule has 1 spiro atoms. The summed E-state index contributed by atoms with van der Waals surface area (Å²) in [6.45, 7) is 2.85. The molecule has 0 bridgehead atoms. The Hall–Kier alpha value is -0.960. The molecule has 1 amide bonds. The van der Waals surface area contributed by atoms with Gasteiger partial charge in [0, 0.05) is 29.7 Å². The van der Waals surface area contributed by atoms with E-state index in [2.05, 4.69) is 21.2 Å². The van der Waals surface area contributed by atoms with Crippen LogP contribution in [0.15, 0.2) is 27.6 Å². The summed E-state index contributed by atoms with van der Waals surface area (Å²) in [7, 11) is -3.61. The molecule has 2 aliphatic heterocycles. The third-order valence-corrected chi connectivity index (χ3v) is 6.81. The highest BCUT2D eigenvalue weighted by Gasteiger charge is 2.44. The number of sulfonamides is 1. The first-order valence-electron chi connectivity index (χ1n) is 7.14. The molecule has 3 rings (SSSR count). The maximum absolute atomic E-state index is 12.8. The second-order valence-corrected chi connectivity index (χ2v) is 8.91. The summed E-state index contributed by atoms with van der Waals surface area (Å²) >= 11 is 3.24. The van der Waals surface area contributed by atoms with Crippen molar-refractivity contribution in [3.8, 4) is 0 Å². The van der Waals surface area contributed by atoms with Crippen molar-refractivity contribution in [2.45, 2.75) is 17.7 Å². The molecule has 0 aliphatic carbocycles. The number of carbonyl (C=O) groups is 1. The zero-order valence-corrected chi connectivity index (χ0v) is 14.4. The van der Waals surface area contributed by atoms with E-state index in [-0.39, 0.29) is 15.9 Å². The number of hydrogen-bond donors (Lipinski definition) is 2. The van der Waals surface area contributed by atoms with E-state index in [1.54, 1.807) is 0 Å². The van der Waals surface area contributed by atoms with Gasteiger partial charge >= 0.3 is 0 Å². The van der Waals surface area contributed by atoms with Crippen LogP contribution in [-0.4, -0.2) is 44.8 Å². The minimum atomic E-state index is -3.61. The minimum absolute atomic E-state index is 0.0611. The van der Waals surface area contributed by atoms with Crippen LogP contribution in [0.4, 0.5) is 0 Å². The zero-order chi connectivity index (χ0) is 16.0. The lowest BCUT2D eigenvalue weighted by atomic mass is 9.87. The Morgan fingerprint density at radius 1 is 1.32 bits per heavy atom. The van der Waals surface area contributed by atoms with Gasteiger partial charge in [0.25, 0.3) is 0 Å². The third kappa shape index (κ3) is 2.80. The first-order valence-corrected chi connectivity index (χ1v) is 9.37. The molecule has 1 aromatic rings. The fraction of sp³-hybridized carbons (Fsp3) is 0.500. The van der Waals surface area contributed by atoms with Crippen LogP contribution in [0.3, 0.4) is 0 Å². The fourth-order valence-electron chi connectivity index (χ4n) is 3.25. The Labute approximate surface area is 138 Å². The van der Waals surface area contributed by atoms with Gasteiger partial charge in [-0.05, 0) is 43.0 Å². The van der Waals surface area contributed by atoms with Gasteiger partial charge in [0.15, 0.2) is 0 Å². The van der Waals surface area contributed by atoms with Gasteiger partial charge in [-0.25, -0.2) is 8.42 Å². The topological polar surface area (TPSA) is 92.5 Å². The molecule has 8 heteroatoms. The van der Waals surface area contributed by atoms with Gasteiger partial charge in [-0.15, -0.1) is 0 Å². The summed E-state index contributed by atoms with van der Waals surface area (Å²) in [5.74, 6) is -0.643. The average Bonchev–Trinajstić information content (AvgIpc) is 3.09. The van der Waals surface area contributed by atoms with Gasteiger partial charge in [0.2, 0.25) is 15.9 Å². The molecule has 0 radical (unpaired) electrons. The highest BCUT2D eigenvalue weighted by molar-refractivity contribution is 9.10. The number of benzene rings is 1. The molecule has 2 heterocycles. The van der Waals surface area contributed by atoms with Crippen molar-refractivity contribution < 1.29 is 13.2 Å². The number of primary amides is 1. The second kappa shape index (κ2) is 5.59. The molecule has 22 heavy (non-hydrogen) atoms. The number of carbonyl (C=O) groups excluding carboxylic acids is 1. The molecule has 0 saturated carbocycles. The Morgan fingerprint density at radius 2 is 2.09 bits per heavy atom. The molecule has 6 nitrogen and oxygen atoms in total. The molecule has 1 aromatic carbocycles. The zero-order valence-electron chi connectivity index (χ0n) is 12.0. The molecular formula is C14H18BrN3O3S. The summed E-state index contributed by atoms with van der Waals surface area (Å²) in [5.41, 5.74) is 5.51. The number of rotatable bonds is 3. The largest absolute Gasteiger partial charge is 0.366 e. The highest BCUT2D eigenvalue weighted by atomic mass is 79.9. The van der Waals surface area contributed by atoms with Gasteiger partial charge < -0.3 is 11.1 Å². The van der Waals surface area contributed by atoms with Crippen LogP contribution in [0, 0.1) is 5.41 Å². The number of halogens is 1. The molecule has 2 aliphatic rings. The Balaban J connectivity index is 1.92. The molecule has 2 fully saturated rings. The van der Waals surface area contributed by atoms with Crippen molar-refractivity contribution in [3.05, 3.63) is 28.2 Å². The third-order valence-electron chi connectivity index (χ3n) is 4.53. The minimum Gasteiger partial charge on any atom is -0.366 e. The number of hydrogen-bond acceptors (Lipinski definition) is 4. The number of nitrogens with zero attached hydrogens (tertiary/aromatic N) is 1. The van der Waals surface area contributed by atoms with E-state index in [0.29, 0.717) is 17.6 Å². The predicted octanol–water partition coefficient (Wildman–Crippen LogP) is 0.922. The van der Waals surface area contributed by atoms with Gasteiger partial charge in [-0.1, -0.05) is 15.9 Å². The Morgan fingerprint density at radius 3 is 2.73 bits per heavy atom. The van der Waals surface area contributed by atoms with Crippen molar-refractivity contribution in [3.63, 3.8) is 0 Å². The molecule has 3 N–H and O–H groups in total. The van der Waals surface area contributed by atoms with Crippen LogP contribution in [-0.2, 0) is 10.0 Å². The molecule has 120 valence electrons. The van der Waals surface area contributed by atoms with Gasteiger partial charge in [-0.2, -0.15) is 4.31 Å². The van der Waals surface area contributed by atoms with E-state index in [4.69, 9.17) is 5.73 Å². The van der Waals surface area contributed by atoms with E-state index in [9.17, 15) is 13.2 Å². The fourth-order valence-corrected chi connectivity index (χ4v) is 5.52. The average molecular weight is 388 g/mol. The standard InChI is InChI=1S/C14H18BrN3O3S/c15-11-5-10(13(16)19)6-12(7-11)22(20,21)18-4-2-14(9-18)1-3-17-8-14/h5-7,17H,1-4,8-9H2,(H2,16,19). The maximum atomic E-state index is 12.8. The Kier molecular flexibility index (Phi) is 4.05. The highest BCUT2D eigenvalue weighted by Crippen LogP contribution is 2.38. The van der Waals surface area contributed by atoms with E-state index in [0.717, 1.165) is 25.9 Å². The number of nitrogens with one attached hydrogen (secondary N) is 1. The number of amides is 1. The summed E-state index contributed by atoms with van der Waals surface area (Å²) in [5, 5.41) is 3.31. The van der Waals surface area contributed by atoms with Crippen LogP contribution in [0.1, 0.15) is 23.2 Å². The van der Waals surface area contributed by atoms with E-state index in [1.807, 2.05) is 0 Å². The second-order valence-electron chi connectivity index (χ2n) is 6.06. The summed E-state index contributed by atoms with van der Waals surface area (Å²) in [4.78, 5) is 11.5. The number of nitrogens with two attached hydrogens (primary N) is 1. The van der Waals surface area contributed by atoms with E-state index < -0.39 is 15.9 Å². The quantitative estimate of drug-likeness (QED) is 0.806. The van der Waals surface area contributed by atoms with Crippen LogP contribution in [0.2, 0.25) is 0 Å². The van der Waals surface area contributed by atoms with E-state index in [1.165, 1.54) is 22.5 Å². The van der Waals surface area contributed by atoms with Crippen molar-refractivity contribution in [2.24, 2.45) is 11.1 Å². The molecule has 0 aromatic heterocycles. The van der Waals surface area contributed by atoms with Crippen LogP contribution in [0.5, 0.6) is 0 Å². The first kappa shape index (κ1) is 15.9. The molecule has 1 atom stereocenters. The van der Waals surface area contributed by atoms with Crippen LogP contribution in [0.25, 0.3) is 0 Å². The molecular weight excluding hydrogens is 370 g/mol. The molecule has 1 unspecified atom stereocenters. The summed E-state index contributed by atoms with van der Waals surface area (Å²) in [6.07, 6.45) is 1.87. The Bertz CT molecular complexity index is 714. The van der Waals surface area contributed by atoms with Gasteiger partial charge in [-0.3, -0.25) is 4.79 Å².